The SMILES string of the molecule is COc1ccc(C(=O)N/N=C/c2ccc3c(c2)C(C)CC(C)(C)N3C)cc1. The quantitative estimate of drug-likeness (QED) is 0.653. The van der Waals surface area contributed by atoms with E-state index in [2.05, 4.69) is 55.4 Å². The van der Waals surface area contributed by atoms with Gasteiger partial charge in [0.05, 0.1) is 13.3 Å². The molecular formula is C22H27N3O2. The minimum Gasteiger partial charge on any atom is -0.497 e. The minimum atomic E-state index is -0.248. The third-order valence-corrected chi connectivity index (χ3v) is 5.39. The highest BCUT2D eigenvalue weighted by Gasteiger charge is 2.33. The largest absolute Gasteiger partial charge is 0.497 e. The maximum Gasteiger partial charge on any atom is 0.271 e. The summed E-state index contributed by atoms with van der Waals surface area (Å²) in [5.74, 6) is 0.946. The zero-order valence-corrected chi connectivity index (χ0v) is 16.6. The van der Waals surface area contributed by atoms with Crippen molar-refractivity contribution in [2.75, 3.05) is 19.1 Å². The second-order valence-corrected chi connectivity index (χ2v) is 7.72. The molecule has 0 bridgehead atoms. The highest BCUT2D eigenvalue weighted by molar-refractivity contribution is 5.95. The predicted octanol–water partition coefficient (Wildman–Crippen LogP) is 4.18. The van der Waals surface area contributed by atoms with Gasteiger partial charge in [0.1, 0.15) is 5.75 Å². The maximum atomic E-state index is 12.2. The van der Waals surface area contributed by atoms with E-state index in [9.17, 15) is 4.79 Å². The van der Waals surface area contributed by atoms with Crippen molar-refractivity contribution in [2.24, 2.45) is 5.10 Å². The van der Waals surface area contributed by atoms with Gasteiger partial charge >= 0.3 is 0 Å². The van der Waals surface area contributed by atoms with Crippen LogP contribution in [0.15, 0.2) is 47.6 Å². The van der Waals surface area contributed by atoms with Crippen molar-refractivity contribution < 1.29 is 9.53 Å². The van der Waals surface area contributed by atoms with Crippen molar-refractivity contribution in [1.82, 2.24) is 5.43 Å². The van der Waals surface area contributed by atoms with Gasteiger partial charge in [-0.3, -0.25) is 4.79 Å². The molecule has 142 valence electrons. The van der Waals surface area contributed by atoms with Gasteiger partial charge in [-0.25, -0.2) is 5.43 Å². The Hall–Kier alpha value is -2.82. The Morgan fingerprint density at radius 1 is 1.26 bits per heavy atom. The Balaban J connectivity index is 1.71. The molecule has 0 saturated carbocycles. The summed E-state index contributed by atoms with van der Waals surface area (Å²) in [6.07, 6.45) is 2.79. The monoisotopic (exact) mass is 365 g/mol. The normalized spacial score (nSPS) is 18.3. The van der Waals surface area contributed by atoms with Crippen LogP contribution in [0, 0.1) is 0 Å². The molecule has 5 heteroatoms. The number of carbonyl (C=O) groups excluding carboxylic acids is 1. The summed E-state index contributed by atoms with van der Waals surface area (Å²) in [5.41, 5.74) is 6.82. The fourth-order valence-electron chi connectivity index (χ4n) is 3.65. The molecule has 0 fully saturated rings. The number of anilines is 1. The van der Waals surface area contributed by atoms with Crippen LogP contribution in [0.3, 0.4) is 0 Å². The minimum absolute atomic E-state index is 0.147. The number of hydrogen-bond donors (Lipinski definition) is 1. The van der Waals surface area contributed by atoms with Crippen LogP contribution in [0.2, 0.25) is 0 Å². The van der Waals surface area contributed by atoms with E-state index < -0.39 is 0 Å². The van der Waals surface area contributed by atoms with E-state index in [1.807, 2.05) is 6.07 Å². The van der Waals surface area contributed by atoms with Gasteiger partial charge in [0.2, 0.25) is 0 Å². The molecule has 1 aliphatic heterocycles. The lowest BCUT2D eigenvalue weighted by Gasteiger charge is -2.45. The van der Waals surface area contributed by atoms with Crippen LogP contribution >= 0.6 is 0 Å². The molecular weight excluding hydrogens is 338 g/mol. The Kier molecular flexibility index (Phi) is 5.22. The number of benzene rings is 2. The summed E-state index contributed by atoms with van der Waals surface area (Å²) in [5, 5.41) is 4.11. The average molecular weight is 365 g/mol. The molecule has 1 unspecified atom stereocenters. The summed E-state index contributed by atoms with van der Waals surface area (Å²) < 4.78 is 5.10. The number of hydrogen-bond acceptors (Lipinski definition) is 4. The van der Waals surface area contributed by atoms with Crippen molar-refractivity contribution in [2.45, 2.75) is 38.6 Å². The number of hydrazone groups is 1. The standard InChI is InChI=1S/C22H27N3O2/c1-15-13-22(2,3)25(4)20-11-6-16(12-19(15)20)14-23-24-21(26)17-7-9-18(27-5)10-8-17/h6-12,14-15H,13H2,1-5H3,(H,24,26)/b23-14+. The molecule has 1 N–H and O–H groups in total. The lowest BCUT2D eigenvalue weighted by Crippen LogP contribution is -2.45. The molecule has 1 heterocycles. The number of methoxy groups -OCH3 is 1. The topological polar surface area (TPSA) is 53.9 Å². The Labute approximate surface area is 161 Å². The van der Waals surface area contributed by atoms with Crippen molar-refractivity contribution in [3.05, 3.63) is 59.2 Å². The van der Waals surface area contributed by atoms with Gasteiger partial charge in [-0.1, -0.05) is 13.0 Å². The molecule has 2 aromatic carbocycles. The van der Waals surface area contributed by atoms with Crippen LogP contribution in [0.5, 0.6) is 5.75 Å². The third-order valence-electron chi connectivity index (χ3n) is 5.39. The number of ether oxygens (including phenoxy) is 1. The fourth-order valence-corrected chi connectivity index (χ4v) is 3.65. The molecule has 0 radical (unpaired) electrons. The van der Waals surface area contributed by atoms with Gasteiger partial charge in [-0.15, -0.1) is 0 Å². The van der Waals surface area contributed by atoms with Crippen molar-refractivity contribution in [3.8, 4) is 5.75 Å². The molecule has 0 spiro atoms. The first kappa shape index (κ1) is 19.0. The van der Waals surface area contributed by atoms with E-state index in [1.54, 1.807) is 37.6 Å². The lowest BCUT2D eigenvalue weighted by atomic mass is 9.80. The smallest absolute Gasteiger partial charge is 0.271 e. The van der Waals surface area contributed by atoms with Crippen molar-refractivity contribution in [1.29, 1.82) is 0 Å². The Bertz CT molecular complexity index is 856. The zero-order valence-electron chi connectivity index (χ0n) is 16.6. The molecule has 0 aliphatic carbocycles. The highest BCUT2D eigenvalue weighted by Crippen LogP contribution is 2.42. The van der Waals surface area contributed by atoms with Gasteiger partial charge in [0.15, 0.2) is 0 Å². The molecule has 0 aromatic heterocycles. The van der Waals surface area contributed by atoms with E-state index in [-0.39, 0.29) is 11.4 Å². The number of nitrogens with zero attached hydrogens (tertiary/aromatic N) is 2. The second-order valence-electron chi connectivity index (χ2n) is 7.72. The summed E-state index contributed by atoms with van der Waals surface area (Å²) in [7, 11) is 3.74. The molecule has 3 rings (SSSR count). The second kappa shape index (κ2) is 7.43. The average Bonchev–Trinajstić information content (AvgIpc) is 2.66. The van der Waals surface area contributed by atoms with Crippen LogP contribution in [0.1, 0.15) is 54.6 Å². The maximum absolute atomic E-state index is 12.2. The van der Waals surface area contributed by atoms with Gasteiger partial charge in [0, 0.05) is 23.8 Å². The molecule has 5 nitrogen and oxygen atoms in total. The molecule has 1 amide bonds. The molecule has 1 atom stereocenters. The van der Waals surface area contributed by atoms with Crippen LogP contribution in [-0.2, 0) is 0 Å². The zero-order chi connectivity index (χ0) is 19.6. The van der Waals surface area contributed by atoms with Gasteiger partial charge in [-0.2, -0.15) is 5.10 Å². The highest BCUT2D eigenvalue weighted by atomic mass is 16.5. The molecule has 27 heavy (non-hydrogen) atoms. The van der Waals surface area contributed by atoms with Crippen LogP contribution in [0.25, 0.3) is 0 Å². The van der Waals surface area contributed by atoms with Gasteiger partial charge < -0.3 is 9.64 Å². The first-order valence-electron chi connectivity index (χ1n) is 9.17. The van der Waals surface area contributed by atoms with E-state index in [0.29, 0.717) is 17.2 Å². The Morgan fingerprint density at radius 3 is 2.63 bits per heavy atom. The third kappa shape index (κ3) is 3.97. The summed E-state index contributed by atoms with van der Waals surface area (Å²) in [6.45, 7) is 6.81. The summed E-state index contributed by atoms with van der Waals surface area (Å²) in [6, 6.07) is 13.3. The molecule has 0 saturated heterocycles. The number of nitrogens with one attached hydrogen (secondary N) is 1. The summed E-state index contributed by atoms with van der Waals surface area (Å²) in [4.78, 5) is 14.5. The van der Waals surface area contributed by atoms with Crippen LogP contribution in [0.4, 0.5) is 5.69 Å². The fraction of sp³-hybridized carbons (Fsp3) is 0.364. The lowest BCUT2D eigenvalue weighted by molar-refractivity contribution is 0.0955. The van der Waals surface area contributed by atoms with Gasteiger partial charge in [-0.05, 0) is 73.7 Å². The van der Waals surface area contributed by atoms with E-state index in [1.165, 1.54) is 11.3 Å². The van der Waals surface area contributed by atoms with E-state index in [0.717, 1.165) is 12.0 Å². The number of rotatable bonds is 4. The molecule has 1 aliphatic rings. The van der Waals surface area contributed by atoms with Crippen LogP contribution in [-0.4, -0.2) is 31.8 Å². The number of fused-ring (bicyclic) bond motifs is 1. The van der Waals surface area contributed by atoms with E-state index in [4.69, 9.17) is 4.74 Å². The Morgan fingerprint density at radius 2 is 1.96 bits per heavy atom. The summed E-state index contributed by atoms with van der Waals surface area (Å²) >= 11 is 0. The molecule has 2 aromatic rings. The first-order valence-corrected chi connectivity index (χ1v) is 9.17. The number of amides is 1. The van der Waals surface area contributed by atoms with Crippen LogP contribution < -0.4 is 15.1 Å². The van der Waals surface area contributed by atoms with E-state index >= 15 is 0 Å². The first-order chi connectivity index (χ1) is 12.8. The number of carbonyl (C=O) groups is 1. The van der Waals surface area contributed by atoms with Gasteiger partial charge in [0.25, 0.3) is 5.91 Å². The predicted molar refractivity (Wildman–Crippen MR) is 110 cm³/mol. The van der Waals surface area contributed by atoms with Crippen molar-refractivity contribution >= 4 is 17.8 Å². The van der Waals surface area contributed by atoms with Crippen molar-refractivity contribution in [3.63, 3.8) is 0 Å².